The summed E-state index contributed by atoms with van der Waals surface area (Å²) in [7, 11) is 0. The molecular weight excluding hydrogens is 222 g/mol. The van der Waals surface area contributed by atoms with E-state index >= 15 is 0 Å². The van der Waals surface area contributed by atoms with E-state index in [1.807, 2.05) is 27.7 Å². The van der Waals surface area contributed by atoms with Crippen molar-refractivity contribution in [1.82, 2.24) is 15.1 Å². The molecule has 0 saturated heterocycles. The molecule has 0 fully saturated rings. The highest BCUT2D eigenvalue weighted by molar-refractivity contribution is 5.95. The number of carboxylic acid groups (broad SMARTS) is 1. The van der Waals surface area contributed by atoms with Crippen molar-refractivity contribution in [2.45, 2.75) is 39.8 Å². The van der Waals surface area contributed by atoms with Gasteiger partial charge in [0, 0.05) is 18.2 Å². The fourth-order valence-electron chi connectivity index (χ4n) is 1.40. The fraction of sp³-hybridized carbons (Fsp3) is 0.545. The molecule has 1 aromatic heterocycles. The second-order valence-corrected chi connectivity index (χ2v) is 4.39. The smallest absolute Gasteiger partial charge is 0.356 e. The van der Waals surface area contributed by atoms with E-state index in [2.05, 4.69) is 10.4 Å². The van der Waals surface area contributed by atoms with Crippen LogP contribution in [-0.4, -0.2) is 32.8 Å². The van der Waals surface area contributed by atoms with Crippen molar-refractivity contribution in [2.24, 2.45) is 0 Å². The molecule has 1 aromatic rings. The summed E-state index contributed by atoms with van der Waals surface area (Å²) >= 11 is 0. The van der Waals surface area contributed by atoms with Crippen molar-refractivity contribution >= 4 is 11.9 Å². The highest BCUT2D eigenvalue weighted by atomic mass is 16.4. The molecule has 0 atom stereocenters. The largest absolute Gasteiger partial charge is 0.476 e. The van der Waals surface area contributed by atoms with E-state index in [0.717, 1.165) is 0 Å². The molecule has 6 nitrogen and oxygen atoms in total. The van der Waals surface area contributed by atoms with Crippen LogP contribution in [0.5, 0.6) is 0 Å². The van der Waals surface area contributed by atoms with Gasteiger partial charge >= 0.3 is 5.97 Å². The molecule has 0 radical (unpaired) electrons. The summed E-state index contributed by atoms with van der Waals surface area (Å²) in [5.74, 6) is -1.45. The molecule has 94 valence electrons. The fourth-order valence-corrected chi connectivity index (χ4v) is 1.40. The van der Waals surface area contributed by atoms with Gasteiger partial charge in [0.25, 0.3) is 5.91 Å². The summed E-state index contributed by atoms with van der Waals surface area (Å²) in [6.07, 6.45) is 0. The molecule has 0 aliphatic carbocycles. The SMILES string of the molecule is CC(C)NC(=O)c1cc(C(=O)O)nn1C(C)C. The van der Waals surface area contributed by atoms with Crippen LogP contribution in [0.3, 0.4) is 0 Å². The van der Waals surface area contributed by atoms with Gasteiger partial charge in [0.1, 0.15) is 5.69 Å². The first-order valence-electron chi connectivity index (χ1n) is 5.46. The summed E-state index contributed by atoms with van der Waals surface area (Å²) in [5.41, 5.74) is 0.152. The number of nitrogens with one attached hydrogen (secondary N) is 1. The Bertz CT molecular complexity index is 435. The Kier molecular flexibility index (Phi) is 3.88. The van der Waals surface area contributed by atoms with Crippen molar-refractivity contribution < 1.29 is 14.7 Å². The molecule has 0 unspecified atom stereocenters. The first-order valence-corrected chi connectivity index (χ1v) is 5.46. The van der Waals surface area contributed by atoms with Gasteiger partial charge in [-0.05, 0) is 27.7 Å². The maximum Gasteiger partial charge on any atom is 0.356 e. The quantitative estimate of drug-likeness (QED) is 0.829. The molecule has 1 heterocycles. The molecule has 0 saturated carbocycles. The second kappa shape index (κ2) is 4.99. The first-order chi connectivity index (χ1) is 7.82. The number of carboxylic acids is 1. The van der Waals surface area contributed by atoms with Crippen LogP contribution >= 0.6 is 0 Å². The summed E-state index contributed by atoms with van der Waals surface area (Å²) < 4.78 is 1.42. The van der Waals surface area contributed by atoms with E-state index in [0.29, 0.717) is 0 Å². The zero-order valence-corrected chi connectivity index (χ0v) is 10.4. The van der Waals surface area contributed by atoms with Crippen LogP contribution in [0.1, 0.15) is 54.7 Å². The zero-order chi connectivity index (χ0) is 13.2. The van der Waals surface area contributed by atoms with E-state index in [-0.39, 0.29) is 29.4 Å². The lowest BCUT2D eigenvalue weighted by Crippen LogP contribution is -2.32. The lowest BCUT2D eigenvalue weighted by atomic mass is 10.3. The molecule has 0 bridgehead atoms. The van der Waals surface area contributed by atoms with Gasteiger partial charge < -0.3 is 10.4 Å². The van der Waals surface area contributed by atoms with E-state index in [1.54, 1.807) is 0 Å². The van der Waals surface area contributed by atoms with Crippen LogP contribution in [0.4, 0.5) is 0 Å². The second-order valence-electron chi connectivity index (χ2n) is 4.39. The van der Waals surface area contributed by atoms with Crippen LogP contribution in [0.15, 0.2) is 6.07 Å². The Hall–Kier alpha value is -1.85. The average molecular weight is 239 g/mol. The predicted octanol–water partition coefficient (Wildman–Crippen LogP) is 1.30. The van der Waals surface area contributed by atoms with Crippen molar-refractivity contribution in [3.63, 3.8) is 0 Å². The Morgan fingerprint density at radius 2 is 1.94 bits per heavy atom. The number of carbonyl (C=O) groups excluding carboxylic acids is 1. The number of hydrogen-bond acceptors (Lipinski definition) is 3. The molecular formula is C11H17N3O3. The van der Waals surface area contributed by atoms with Gasteiger partial charge in [-0.15, -0.1) is 0 Å². The van der Waals surface area contributed by atoms with Gasteiger partial charge in [0.05, 0.1) is 0 Å². The summed E-state index contributed by atoms with van der Waals surface area (Å²) in [6, 6.07) is 1.21. The third-order valence-electron chi connectivity index (χ3n) is 2.10. The lowest BCUT2D eigenvalue weighted by Gasteiger charge is -2.12. The third-order valence-corrected chi connectivity index (χ3v) is 2.10. The molecule has 17 heavy (non-hydrogen) atoms. The number of nitrogens with zero attached hydrogens (tertiary/aromatic N) is 2. The van der Waals surface area contributed by atoms with Gasteiger partial charge in [-0.1, -0.05) is 0 Å². The van der Waals surface area contributed by atoms with Crippen LogP contribution in [0.2, 0.25) is 0 Å². The summed E-state index contributed by atoms with van der Waals surface area (Å²) in [5, 5.41) is 15.5. The molecule has 0 aliphatic rings. The van der Waals surface area contributed by atoms with Crippen LogP contribution in [0, 0.1) is 0 Å². The molecule has 6 heteroatoms. The van der Waals surface area contributed by atoms with E-state index in [9.17, 15) is 9.59 Å². The van der Waals surface area contributed by atoms with Gasteiger partial charge in [0.2, 0.25) is 0 Å². The monoisotopic (exact) mass is 239 g/mol. The minimum Gasteiger partial charge on any atom is -0.476 e. The van der Waals surface area contributed by atoms with Crippen LogP contribution in [0.25, 0.3) is 0 Å². The lowest BCUT2D eigenvalue weighted by molar-refractivity contribution is 0.0689. The van der Waals surface area contributed by atoms with E-state index < -0.39 is 5.97 Å². The minimum absolute atomic E-state index is 0.00806. The Balaban J connectivity index is 3.12. The highest BCUT2D eigenvalue weighted by Gasteiger charge is 2.20. The van der Waals surface area contributed by atoms with Gasteiger partial charge in [0.15, 0.2) is 5.69 Å². The molecule has 1 rings (SSSR count). The number of aromatic carboxylic acids is 1. The molecule has 2 N–H and O–H groups in total. The van der Waals surface area contributed by atoms with Gasteiger partial charge in [-0.25, -0.2) is 4.79 Å². The Labute approximate surface area is 99.6 Å². The normalized spacial score (nSPS) is 10.9. The maximum absolute atomic E-state index is 11.9. The Morgan fingerprint density at radius 1 is 1.35 bits per heavy atom. The number of hydrogen-bond donors (Lipinski definition) is 2. The third kappa shape index (κ3) is 3.05. The van der Waals surface area contributed by atoms with E-state index in [1.165, 1.54) is 10.7 Å². The topological polar surface area (TPSA) is 84.2 Å². The number of amides is 1. The maximum atomic E-state index is 11.9. The highest BCUT2D eigenvalue weighted by Crippen LogP contribution is 2.11. The Morgan fingerprint density at radius 3 is 2.35 bits per heavy atom. The van der Waals surface area contributed by atoms with E-state index in [4.69, 9.17) is 5.11 Å². The number of carbonyl (C=O) groups is 2. The van der Waals surface area contributed by atoms with Crippen LogP contribution < -0.4 is 5.32 Å². The minimum atomic E-state index is -1.14. The predicted molar refractivity (Wildman–Crippen MR) is 62.2 cm³/mol. The molecule has 0 aliphatic heterocycles. The summed E-state index contributed by atoms with van der Waals surface area (Å²) in [4.78, 5) is 22.7. The van der Waals surface area contributed by atoms with Crippen molar-refractivity contribution in [3.8, 4) is 0 Å². The van der Waals surface area contributed by atoms with Crippen molar-refractivity contribution in [2.75, 3.05) is 0 Å². The zero-order valence-electron chi connectivity index (χ0n) is 10.4. The van der Waals surface area contributed by atoms with Crippen LogP contribution in [-0.2, 0) is 0 Å². The van der Waals surface area contributed by atoms with Crippen molar-refractivity contribution in [3.05, 3.63) is 17.5 Å². The first kappa shape index (κ1) is 13.2. The molecule has 0 spiro atoms. The molecule has 1 amide bonds. The van der Waals surface area contributed by atoms with Gasteiger partial charge in [-0.2, -0.15) is 5.10 Å². The van der Waals surface area contributed by atoms with Crippen molar-refractivity contribution in [1.29, 1.82) is 0 Å². The number of rotatable bonds is 4. The standard InChI is InChI=1S/C11H17N3O3/c1-6(2)12-10(15)9-5-8(11(16)17)13-14(9)7(3)4/h5-7H,1-4H3,(H,12,15)(H,16,17). The molecule has 0 aromatic carbocycles. The number of aromatic nitrogens is 2. The van der Waals surface area contributed by atoms with Gasteiger partial charge in [-0.3, -0.25) is 9.48 Å². The summed E-state index contributed by atoms with van der Waals surface area (Å²) in [6.45, 7) is 7.35. The average Bonchev–Trinajstić information content (AvgIpc) is 2.60.